The highest BCUT2D eigenvalue weighted by Crippen LogP contribution is 2.61. The highest BCUT2D eigenvalue weighted by molar-refractivity contribution is 5.92. The molecule has 126 valence electrons. The first-order chi connectivity index (χ1) is 11.1. The molecule has 0 aromatic carbocycles. The van der Waals surface area contributed by atoms with Gasteiger partial charge in [0, 0.05) is 12.1 Å². The molecule has 1 N–H and O–H groups in total. The Labute approximate surface area is 138 Å². The van der Waals surface area contributed by atoms with Crippen LogP contribution in [0.1, 0.15) is 74.5 Å². The fraction of sp³-hybridized carbons (Fsp3) is 0.789. The molecule has 4 aliphatic rings. The standard InChI is InChI=1S/C19H28N2O2/c1-3-4-17(20-18(22)16-5-12(2)23-21-16)19-9-13-6-14(10-19)8-15(7-13)11-19/h5,13-15,17H,3-4,6-11H2,1-2H3,(H,20,22)/t13?,14?,15?,17-,19?/m0/s1. The third kappa shape index (κ3) is 2.70. The Morgan fingerprint density at radius 3 is 2.39 bits per heavy atom. The van der Waals surface area contributed by atoms with Gasteiger partial charge < -0.3 is 9.84 Å². The van der Waals surface area contributed by atoms with E-state index in [-0.39, 0.29) is 5.91 Å². The number of carbonyl (C=O) groups excluding carboxylic acids is 1. The van der Waals surface area contributed by atoms with E-state index in [2.05, 4.69) is 17.4 Å². The van der Waals surface area contributed by atoms with Crippen molar-refractivity contribution in [3.8, 4) is 0 Å². The summed E-state index contributed by atoms with van der Waals surface area (Å²) >= 11 is 0. The lowest BCUT2D eigenvalue weighted by molar-refractivity contribution is -0.0736. The van der Waals surface area contributed by atoms with E-state index in [0.717, 1.165) is 30.6 Å². The maximum absolute atomic E-state index is 12.6. The topological polar surface area (TPSA) is 55.1 Å². The molecule has 4 heteroatoms. The summed E-state index contributed by atoms with van der Waals surface area (Å²) in [5.74, 6) is 3.36. The van der Waals surface area contributed by atoms with Gasteiger partial charge in [-0.3, -0.25) is 4.79 Å². The van der Waals surface area contributed by atoms with Crippen LogP contribution in [0.3, 0.4) is 0 Å². The Hall–Kier alpha value is -1.32. The molecular weight excluding hydrogens is 288 g/mol. The predicted octanol–water partition coefficient (Wildman–Crippen LogP) is 4.10. The maximum Gasteiger partial charge on any atom is 0.273 e. The van der Waals surface area contributed by atoms with Crippen molar-refractivity contribution in [2.75, 3.05) is 0 Å². The van der Waals surface area contributed by atoms with Crippen molar-refractivity contribution in [3.05, 3.63) is 17.5 Å². The zero-order chi connectivity index (χ0) is 16.0. The van der Waals surface area contributed by atoms with Crippen LogP contribution in [0.2, 0.25) is 0 Å². The lowest BCUT2D eigenvalue weighted by Gasteiger charge is -2.59. The van der Waals surface area contributed by atoms with E-state index in [0.29, 0.717) is 22.9 Å². The molecule has 4 saturated carbocycles. The van der Waals surface area contributed by atoms with E-state index >= 15 is 0 Å². The van der Waals surface area contributed by atoms with Crippen LogP contribution in [0.25, 0.3) is 0 Å². The van der Waals surface area contributed by atoms with Crippen LogP contribution < -0.4 is 5.32 Å². The van der Waals surface area contributed by atoms with Crippen molar-refractivity contribution in [1.82, 2.24) is 10.5 Å². The molecule has 1 atom stereocenters. The second-order valence-electron chi connectivity index (χ2n) is 8.42. The summed E-state index contributed by atoms with van der Waals surface area (Å²) < 4.78 is 5.07. The van der Waals surface area contributed by atoms with Gasteiger partial charge in [0.1, 0.15) is 5.76 Å². The monoisotopic (exact) mass is 316 g/mol. The minimum absolute atomic E-state index is 0.0592. The Balaban J connectivity index is 1.54. The molecular formula is C19H28N2O2. The molecule has 4 bridgehead atoms. The van der Waals surface area contributed by atoms with E-state index in [1.54, 1.807) is 6.07 Å². The molecule has 1 aromatic rings. The highest BCUT2D eigenvalue weighted by Gasteiger charge is 2.54. The van der Waals surface area contributed by atoms with Crippen LogP contribution in [-0.4, -0.2) is 17.1 Å². The molecule has 0 radical (unpaired) electrons. The number of rotatable bonds is 5. The number of nitrogens with one attached hydrogen (secondary N) is 1. The molecule has 4 nitrogen and oxygen atoms in total. The van der Waals surface area contributed by atoms with Gasteiger partial charge >= 0.3 is 0 Å². The summed E-state index contributed by atoms with van der Waals surface area (Å²) in [5, 5.41) is 7.23. The fourth-order valence-corrected chi connectivity index (χ4v) is 6.13. The fourth-order valence-electron chi connectivity index (χ4n) is 6.13. The number of nitrogens with zero attached hydrogens (tertiary/aromatic N) is 1. The van der Waals surface area contributed by atoms with Gasteiger partial charge in [-0.15, -0.1) is 0 Å². The van der Waals surface area contributed by atoms with Crippen LogP contribution in [0, 0.1) is 30.1 Å². The van der Waals surface area contributed by atoms with Gasteiger partial charge in [-0.2, -0.15) is 0 Å². The SMILES string of the molecule is CCC[C@H](NC(=O)c1cc(C)on1)C12CC3CC(CC(C3)C1)C2. The van der Waals surface area contributed by atoms with Crippen LogP contribution in [0.15, 0.2) is 10.6 Å². The number of hydrogen-bond donors (Lipinski definition) is 1. The van der Waals surface area contributed by atoms with Crippen LogP contribution >= 0.6 is 0 Å². The van der Waals surface area contributed by atoms with Crippen LogP contribution in [0.5, 0.6) is 0 Å². The van der Waals surface area contributed by atoms with Crippen LogP contribution in [-0.2, 0) is 0 Å². The van der Waals surface area contributed by atoms with Crippen molar-refractivity contribution in [3.63, 3.8) is 0 Å². The molecule has 0 unspecified atom stereocenters. The van der Waals surface area contributed by atoms with E-state index in [4.69, 9.17) is 4.52 Å². The number of carbonyl (C=O) groups is 1. The number of aromatic nitrogens is 1. The Bertz CT molecular complexity index is 557. The molecule has 1 aromatic heterocycles. The van der Waals surface area contributed by atoms with E-state index < -0.39 is 0 Å². The minimum Gasteiger partial charge on any atom is -0.361 e. The molecule has 5 rings (SSSR count). The molecule has 23 heavy (non-hydrogen) atoms. The molecule has 4 aliphatic carbocycles. The summed E-state index contributed by atoms with van der Waals surface area (Å²) in [5.41, 5.74) is 0.771. The maximum atomic E-state index is 12.6. The lowest BCUT2D eigenvalue weighted by atomic mass is 9.47. The summed E-state index contributed by atoms with van der Waals surface area (Å²) in [6, 6.07) is 2.03. The van der Waals surface area contributed by atoms with Gasteiger partial charge in [0.15, 0.2) is 5.69 Å². The molecule has 0 aliphatic heterocycles. The summed E-state index contributed by atoms with van der Waals surface area (Å²) in [6.07, 6.45) is 10.5. The summed E-state index contributed by atoms with van der Waals surface area (Å²) in [4.78, 5) is 12.6. The Morgan fingerprint density at radius 2 is 1.91 bits per heavy atom. The Kier molecular flexibility index (Phi) is 3.73. The smallest absolute Gasteiger partial charge is 0.273 e. The van der Waals surface area contributed by atoms with Gasteiger partial charge in [0.25, 0.3) is 5.91 Å². The zero-order valence-corrected chi connectivity index (χ0v) is 14.3. The van der Waals surface area contributed by atoms with Gasteiger partial charge in [-0.05, 0) is 75.0 Å². The molecule has 0 saturated heterocycles. The van der Waals surface area contributed by atoms with Gasteiger partial charge in [0.2, 0.25) is 0 Å². The molecule has 1 amide bonds. The predicted molar refractivity (Wildman–Crippen MR) is 88.0 cm³/mol. The van der Waals surface area contributed by atoms with Crippen molar-refractivity contribution >= 4 is 5.91 Å². The number of hydrogen-bond acceptors (Lipinski definition) is 3. The normalized spacial score (nSPS) is 36.2. The second-order valence-corrected chi connectivity index (χ2v) is 8.42. The van der Waals surface area contributed by atoms with E-state index in [1.165, 1.54) is 38.5 Å². The quantitative estimate of drug-likeness (QED) is 0.890. The van der Waals surface area contributed by atoms with Crippen molar-refractivity contribution in [1.29, 1.82) is 0 Å². The third-order valence-corrected chi connectivity index (χ3v) is 6.57. The summed E-state index contributed by atoms with van der Waals surface area (Å²) in [7, 11) is 0. The Morgan fingerprint density at radius 1 is 1.30 bits per heavy atom. The first kappa shape index (κ1) is 15.2. The molecule has 0 spiro atoms. The van der Waals surface area contributed by atoms with E-state index in [1.807, 2.05) is 6.92 Å². The zero-order valence-electron chi connectivity index (χ0n) is 14.3. The second kappa shape index (κ2) is 5.64. The summed E-state index contributed by atoms with van der Waals surface area (Å²) in [6.45, 7) is 4.05. The van der Waals surface area contributed by atoms with Crippen molar-refractivity contribution in [2.24, 2.45) is 23.2 Å². The van der Waals surface area contributed by atoms with Gasteiger partial charge in [-0.25, -0.2) is 0 Å². The molecule has 4 fully saturated rings. The van der Waals surface area contributed by atoms with Crippen molar-refractivity contribution in [2.45, 2.75) is 71.3 Å². The van der Waals surface area contributed by atoms with Gasteiger partial charge in [0.05, 0.1) is 0 Å². The largest absolute Gasteiger partial charge is 0.361 e. The number of aryl methyl sites for hydroxylation is 1. The lowest BCUT2D eigenvalue weighted by Crippen LogP contribution is -2.56. The minimum atomic E-state index is -0.0592. The average molecular weight is 316 g/mol. The number of amides is 1. The highest BCUT2D eigenvalue weighted by atomic mass is 16.5. The van der Waals surface area contributed by atoms with E-state index in [9.17, 15) is 4.79 Å². The van der Waals surface area contributed by atoms with Crippen LogP contribution in [0.4, 0.5) is 0 Å². The van der Waals surface area contributed by atoms with Gasteiger partial charge in [-0.1, -0.05) is 18.5 Å². The van der Waals surface area contributed by atoms with Crippen molar-refractivity contribution < 1.29 is 9.32 Å². The first-order valence-electron chi connectivity index (χ1n) is 9.32. The molecule has 1 heterocycles. The average Bonchev–Trinajstić information content (AvgIpc) is 2.92. The third-order valence-electron chi connectivity index (χ3n) is 6.57. The first-order valence-corrected chi connectivity index (χ1v) is 9.32.